The summed E-state index contributed by atoms with van der Waals surface area (Å²) >= 11 is 0. The zero-order valence-electron chi connectivity index (χ0n) is 21.7. The molecule has 2 aromatic rings. The van der Waals surface area contributed by atoms with Crippen LogP contribution in [0, 0.1) is 11.8 Å². The molecule has 0 heterocycles. The number of hydrogen-bond acceptors (Lipinski definition) is 8. The van der Waals surface area contributed by atoms with E-state index in [0.717, 1.165) is 11.1 Å². The maximum Gasteiger partial charge on any atom is 0.337 e. The Labute approximate surface area is 229 Å². The van der Waals surface area contributed by atoms with E-state index in [9.17, 15) is 28.8 Å². The smallest absolute Gasteiger partial charge is 0.337 e. The fourth-order valence-corrected chi connectivity index (χ4v) is 5.84. The molecule has 3 aliphatic carbocycles. The van der Waals surface area contributed by atoms with E-state index in [1.54, 1.807) is 48.5 Å². The lowest BCUT2D eigenvalue weighted by atomic mass is 9.47. The van der Waals surface area contributed by atoms with Gasteiger partial charge in [0.05, 0.1) is 25.3 Å². The standard InChI is InChI=1S/C32H24O8/c1-39-31(37)19-7-3-17(4-8-19)27-28(18-5-9-20(10-6-18)32(38)40-2)30(24-16-22(34)12-14-26(24)36)29(27)23-15-21(33)11-13-25(23)35/h3-16,27-30H,1-2H3/t27-,28+,29+,30-. The lowest BCUT2D eigenvalue weighted by molar-refractivity contribution is -0.117. The Bertz CT molecular complexity index is 1450. The summed E-state index contributed by atoms with van der Waals surface area (Å²) in [6, 6.07) is 13.5. The van der Waals surface area contributed by atoms with Gasteiger partial charge in [0.15, 0.2) is 23.1 Å². The number of carbonyl (C=O) groups is 6. The topological polar surface area (TPSA) is 121 Å². The predicted octanol–water partition coefficient (Wildman–Crippen LogP) is 3.64. The molecule has 200 valence electrons. The normalized spacial score (nSPS) is 23.8. The van der Waals surface area contributed by atoms with Gasteiger partial charge in [-0.3, -0.25) is 19.2 Å². The van der Waals surface area contributed by atoms with Crippen molar-refractivity contribution in [2.24, 2.45) is 11.8 Å². The Hall–Kier alpha value is -4.98. The third kappa shape index (κ3) is 4.68. The molecular formula is C32H24O8. The van der Waals surface area contributed by atoms with Crippen LogP contribution in [0.2, 0.25) is 0 Å². The van der Waals surface area contributed by atoms with Crippen molar-refractivity contribution in [2.75, 3.05) is 14.2 Å². The molecule has 0 aromatic heterocycles. The molecule has 3 aliphatic rings. The quantitative estimate of drug-likeness (QED) is 0.405. The highest BCUT2D eigenvalue weighted by molar-refractivity contribution is 6.19. The molecule has 8 nitrogen and oxygen atoms in total. The first-order valence-corrected chi connectivity index (χ1v) is 12.6. The lowest BCUT2D eigenvalue weighted by Crippen LogP contribution is -2.48. The second-order valence-corrected chi connectivity index (χ2v) is 9.73. The van der Waals surface area contributed by atoms with Crippen LogP contribution < -0.4 is 0 Å². The number of carbonyl (C=O) groups excluding carboxylic acids is 6. The van der Waals surface area contributed by atoms with E-state index in [1.165, 1.54) is 50.7 Å². The Morgan fingerprint density at radius 1 is 0.525 bits per heavy atom. The van der Waals surface area contributed by atoms with Gasteiger partial charge in [-0.1, -0.05) is 24.3 Å². The van der Waals surface area contributed by atoms with E-state index in [0.29, 0.717) is 11.1 Å². The van der Waals surface area contributed by atoms with Crippen LogP contribution in [0.25, 0.3) is 0 Å². The molecule has 0 radical (unpaired) electrons. The molecule has 0 unspecified atom stereocenters. The molecule has 0 N–H and O–H groups in total. The lowest BCUT2D eigenvalue weighted by Gasteiger charge is -2.54. The minimum atomic E-state index is -0.620. The summed E-state index contributed by atoms with van der Waals surface area (Å²) in [5, 5.41) is 0. The molecule has 0 bridgehead atoms. The van der Waals surface area contributed by atoms with Crippen LogP contribution in [0.4, 0.5) is 0 Å². The molecule has 0 spiro atoms. The molecular weight excluding hydrogens is 512 g/mol. The molecule has 0 amide bonds. The number of ether oxygens (including phenoxy) is 2. The molecule has 40 heavy (non-hydrogen) atoms. The molecule has 0 aliphatic heterocycles. The van der Waals surface area contributed by atoms with Crippen molar-refractivity contribution in [2.45, 2.75) is 11.8 Å². The van der Waals surface area contributed by atoms with Gasteiger partial charge in [-0.2, -0.15) is 0 Å². The summed E-state index contributed by atoms with van der Waals surface area (Å²) in [4.78, 5) is 75.1. The summed E-state index contributed by atoms with van der Waals surface area (Å²) in [7, 11) is 2.57. The Balaban J connectivity index is 1.68. The molecule has 5 rings (SSSR count). The van der Waals surface area contributed by atoms with Gasteiger partial charge in [0.25, 0.3) is 0 Å². The SMILES string of the molecule is COC(=O)c1ccc([C@@H]2[C@@H](C3=CC(=O)C=CC3=O)[C@@H](C3=CC(=O)C=CC3=O)[C@@H]2c2ccc(C(=O)OC)cc2)cc1. The van der Waals surface area contributed by atoms with Crippen molar-refractivity contribution in [1.29, 1.82) is 0 Å². The van der Waals surface area contributed by atoms with Gasteiger partial charge in [-0.25, -0.2) is 9.59 Å². The number of esters is 2. The number of hydrogen-bond donors (Lipinski definition) is 0. The highest BCUT2D eigenvalue weighted by Crippen LogP contribution is 2.63. The maximum absolute atomic E-state index is 13.1. The van der Waals surface area contributed by atoms with Crippen LogP contribution in [-0.2, 0) is 28.7 Å². The van der Waals surface area contributed by atoms with E-state index in [4.69, 9.17) is 9.47 Å². The Morgan fingerprint density at radius 3 is 1.20 bits per heavy atom. The van der Waals surface area contributed by atoms with E-state index >= 15 is 0 Å². The molecule has 4 atom stereocenters. The first kappa shape index (κ1) is 26.6. The first-order chi connectivity index (χ1) is 19.2. The number of benzene rings is 2. The van der Waals surface area contributed by atoms with Crippen molar-refractivity contribution in [3.8, 4) is 0 Å². The van der Waals surface area contributed by atoms with Crippen molar-refractivity contribution in [3.63, 3.8) is 0 Å². The molecule has 1 fully saturated rings. The molecule has 0 saturated heterocycles. The number of ketones is 4. The highest BCUT2D eigenvalue weighted by atomic mass is 16.5. The fraction of sp³-hybridized carbons (Fsp3) is 0.188. The summed E-state index contributed by atoms with van der Waals surface area (Å²) < 4.78 is 9.62. The zero-order valence-corrected chi connectivity index (χ0v) is 21.7. The van der Waals surface area contributed by atoms with Crippen molar-refractivity contribution in [1.82, 2.24) is 0 Å². The van der Waals surface area contributed by atoms with E-state index in [-0.39, 0.29) is 34.3 Å². The third-order valence-corrected chi connectivity index (χ3v) is 7.66. The highest BCUT2D eigenvalue weighted by Gasteiger charge is 2.56. The van der Waals surface area contributed by atoms with E-state index in [2.05, 4.69) is 0 Å². The van der Waals surface area contributed by atoms with Crippen LogP contribution >= 0.6 is 0 Å². The summed E-state index contributed by atoms with van der Waals surface area (Å²) in [5.74, 6) is -4.47. The van der Waals surface area contributed by atoms with Crippen molar-refractivity contribution in [3.05, 3.63) is 118 Å². The first-order valence-electron chi connectivity index (χ1n) is 12.6. The Morgan fingerprint density at radius 2 is 0.875 bits per heavy atom. The van der Waals surface area contributed by atoms with Crippen LogP contribution in [0.15, 0.2) is 96.1 Å². The number of methoxy groups -OCH3 is 2. The van der Waals surface area contributed by atoms with E-state index in [1.807, 2.05) is 0 Å². The van der Waals surface area contributed by atoms with Crippen molar-refractivity contribution < 1.29 is 38.2 Å². The van der Waals surface area contributed by atoms with E-state index < -0.39 is 35.6 Å². The van der Waals surface area contributed by atoms with Crippen LogP contribution in [0.3, 0.4) is 0 Å². The van der Waals surface area contributed by atoms with Crippen LogP contribution in [0.5, 0.6) is 0 Å². The average Bonchev–Trinajstić information content (AvgIpc) is 2.96. The predicted molar refractivity (Wildman–Crippen MR) is 142 cm³/mol. The van der Waals surface area contributed by atoms with Gasteiger partial charge in [-0.05, 0) is 83.7 Å². The maximum atomic E-state index is 13.1. The van der Waals surface area contributed by atoms with Gasteiger partial charge in [0.2, 0.25) is 0 Å². The molecule has 8 heteroatoms. The van der Waals surface area contributed by atoms with Crippen molar-refractivity contribution >= 4 is 35.1 Å². The number of allylic oxidation sites excluding steroid dienone is 8. The Kier molecular flexibility index (Phi) is 7.09. The third-order valence-electron chi connectivity index (χ3n) is 7.66. The fourth-order valence-electron chi connectivity index (χ4n) is 5.84. The van der Waals surface area contributed by atoms with Gasteiger partial charge >= 0.3 is 11.9 Å². The van der Waals surface area contributed by atoms with Crippen LogP contribution in [-0.4, -0.2) is 49.3 Å². The monoisotopic (exact) mass is 536 g/mol. The minimum absolute atomic E-state index is 0.248. The summed E-state index contributed by atoms with van der Waals surface area (Å²) in [6.45, 7) is 0. The minimum Gasteiger partial charge on any atom is -0.465 e. The zero-order chi connectivity index (χ0) is 28.6. The summed E-state index contributed by atoms with van der Waals surface area (Å²) in [5.41, 5.74) is 2.69. The molecule has 2 aromatic carbocycles. The molecule has 1 saturated carbocycles. The van der Waals surface area contributed by atoms with Gasteiger partial charge in [0, 0.05) is 23.0 Å². The van der Waals surface area contributed by atoms with Crippen LogP contribution in [0.1, 0.15) is 43.7 Å². The summed E-state index contributed by atoms with van der Waals surface area (Å²) in [6.07, 6.45) is 7.40. The number of rotatable bonds is 6. The average molecular weight is 537 g/mol. The van der Waals surface area contributed by atoms with Gasteiger partial charge in [-0.15, -0.1) is 0 Å². The largest absolute Gasteiger partial charge is 0.465 e. The second kappa shape index (κ2) is 10.6. The van der Waals surface area contributed by atoms with Gasteiger partial charge in [0.1, 0.15) is 0 Å². The van der Waals surface area contributed by atoms with Gasteiger partial charge < -0.3 is 9.47 Å². The second-order valence-electron chi connectivity index (χ2n) is 9.73.